The van der Waals surface area contributed by atoms with Crippen molar-refractivity contribution in [2.24, 2.45) is 0 Å². The molecule has 2 aliphatic rings. The fraction of sp³-hybridized carbons (Fsp3) is 0.750. The fourth-order valence-electron chi connectivity index (χ4n) is 2.72. The average molecular weight is 238 g/mol. The van der Waals surface area contributed by atoms with Gasteiger partial charge < -0.3 is 9.67 Å². The first-order chi connectivity index (χ1) is 7.86. The molecule has 0 spiro atoms. The Morgan fingerprint density at radius 2 is 2.25 bits per heavy atom. The van der Waals surface area contributed by atoms with Crippen molar-refractivity contribution in [3.8, 4) is 0 Å². The maximum absolute atomic E-state index is 10.1. The van der Waals surface area contributed by atoms with Crippen LogP contribution in [0.1, 0.15) is 55.1 Å². The van der Waals surface area contributed by atoms with E-state index in [1.807, 2.05) is 18.0 Å². The summed E-state index contributed by atoms with van der Waals surface area (Å²) in [5.41, 5.74) is 1.22. The molecular formula is C12H18N2OS. The summed E-state index contributed by atoms with van der Waals surface area (Å²) in [7, 11) is 0. The highest BCUT2D eigenvalue weighted by Gasteiger charge is 2.27. The lowest BCUT2D eigenvalue weighted by Crippen LogP contribution is -2.21. The molecule has 1 N–H and O–H groups in total. The minimum atomic E-state index is -0.330. The molecule has 0 aliphatic carbocycles. The standard InChI is InChI=1S/C12H18N2OS/c15-11-6-3-4-9-8-13-12(14(9)11)10-5-1-2-7-16-10/h8,10-11,15H,1-7H2. The van der Waals surface area contributed by atoms with Crippen LogP contribution in [0.2, 0.25) is 0 Å². The number of rotatable bonds is 1. The largest absolute Gasteiger partial charge is 0.373 e. The Labute approximate surface area is 100 Å². The van der Waals surface area contributed by atoms with Gasteiger partial charge in [-0.25, -0.2) is 4.98 Å². The number of aliphatic hydroxyl groups is 1. The lowest BCUT2D eigenvalue weighted by molar-refractivity contribution is 0.0755. The summed E-state index contributed by atoms with van der Waals surface area (Å²) in [5, 5.41) is 10.6. The Bertz CT molecular complexity index is 371. The molecule has 3 rings (SSSR count). The molecule has 16 heavy (non-hydrogen) atoms. The van der Waals surface area contributed by atoms with E-state index in [1.54, 1.807) is 0 Å². The molecule has 2 aliphatic heterocycles. The van der Waals surface area contributed by atoms with Crippen molar-refractivity contribution in [2.45, 2.75) is 50.0 Å². The molecule has 3 heterocycles. The second-order valence-electron chi connectivity index (χ2n) is 4.71. The van der Waals surface area contributed by atoms with Crippen molar-refractivity contribution < 1.29 is 5.11 Å². The van der Waals surface area contributed by atoms with Gasteiger partial charge in [0.1, 0.15) is 12.1 Å². The van der Waals surface area contributed by atoms with Crippen LogP contribution in [0.4, 0.5) is 0 Å². The molecule has 88 valence electrons. The van der Waals surface area contributed by atoms with Gasteiger partial charge in [-0.05, 0) is 37.9 Å². The van der Waals surface area contributed by atoms with E-state index in [9.17, 15) is 5.11 Å². The van der Waals surface area contributed by atoms with Crippen LogP contribution in [0.15, 0.2) is 6.20 Å². The minimum absolute atomic E-state index is 0.330. The van der Waals surface area contributed by atoms with Crippen LogP contribution >= 0.6 is 11.8 Å². The first-order valence-electron chi connectivity index (χ1n) is 6.22. The maximum Gasteiger partial charge on any atom is 0.132 e. The monoisotopic (exact) mass is 238 g/mol. The molecular weight excluding hydrogens is 220 g/mol. The second kappa shape index (κ2) is 4.41. The van der Waals surface area contributed by atoms with E-state index in [1.165, 1.54) is 30.7 Å². The van der Waals surface area contributed by atoms with Gasteiger partial charge in [-0.1, -0.05) is 6.42 Å². The number of thioether (sulfide) groups is 1. The van der Waals surface area contributed by atoms with Gasteiger partial charge in [0, 0.05) is 11.9 Å². The van der Waals surface area contributed by atoms with E-state index >= 15 is 0 Å². The molecule has 0 radical (unpaired) electrons. The van der Waals surface area contributed by atoms with Gasteiger partial charge in [-0.2, -0.15) is 11.8 Å². The van der Waals surface area contributed by atoms with Crippen molar-refractivity contribution in [1.82, 2.24) is 9.55 Å². The molecule has 1 fully saturated rings. The molecule has 1 saturated heterocycles. The maximum atomic E-state index is 10.1. The predicted molar refractivity (Wildman–Crippen MR) is 65.5 cm³/mol. The Kier molecular flexibility index (Phi) is 2.94. The van der Waals surface area contributed by atoms with Crippen LogP contribution in [0.25, 0.3) is 0 Å². The molecule has 2 atom stereocenters. The summed E-state index contributed by atoms with van der Waals surface area (Å²) in [5.74, 6) is 2.36. The van der Waals surface area contributed by atoms with E-state index in [0.717, 1.165) is 25.1 Å². The van der Waals surface area contributed by atoms with E-state index in [0.29, 0.717) is 5.25 Å². The topological polar surface area (TPSA) is 38.1 Å². The second-order valence-corrected chi connectivity index (χ2v) is 6.02. The number of aryl methyl sites for hydroxylation is 1. The van der Waals surface area contributed by atoms with Gasteiger partial charge in [0.15, 0.2) is 0 Å². The normalized spacial score (nSPS) is 30.1. The summed E-state index contributed by atoms with van der Waals surface area (Å²) in [4.78, 5) is 4.55. The molecule has 2 unspecified atom stereocenters. The van der Waals surface area contributed by atoms with Crippen LogP contribution in [0.3, 0.4) is 0 Å². The van der Waals surface area contributed by atoms with Gasteiger partial charge in [-0.15, -0.1) is 0 Å². The number of aromatic nitrogens is 2. The number of nitrogens with zero attached hydrogens (tertiary/aromatic N) is 2. The molecule has 3 nitrogen and oxygen atoms in total. The van der Waals surface area contributed by atoms with E-state index in [-0.39, 0.29) is 6.23 Å². The summed E-state index contributed by atoms with van der Waals surface area (Å²) in [6.45, 7) is 0. The van der Waals surface area contributed by atoms with Crippen molar-refractivity contribution in [3.63, 3.8) is 0 Å². The number of hydrogen-bond donors (Lipinski definition) is 1. The highest BCUT2D eigenvalue weighted by Crippen LogP contribution is 2.39. The molecule has 0 saturated carbocycles. The van der Waals surface area contributed by atoms with Crippen molar-refractivity contribution in [2.75, 3.05) is 5.75 Å². The fourth-order valence-corrected chi connectivity index (χ4v) is 4.03. The molecule has 0 bridgehead atoms. The zero-order chi connectivity index (χ0) is 11.0. The number of hydrogen-bond acceptors (Lipinski definition) is 3. The first-order valence-corrected chi connectivity index (χ1v) is 7.27. The molecule has 4 heteroatoms. The number of fused-ring (bicyclic) bond motifs is 1. The zero-order valence-electron chi connectivity index (χ0n) is 9.43. The lowest BCUT2D eigenvalue weighted by Gasteiger charge is -2.27. The Balaban J connectivity index is 1.91. The van der Waals surface area contributed by atoms with Crippen molar-refractivity contribution >= 4 is 11.8 Å². The SMILES string of the molecule is OC1CCCc2cnc(C3CCCCS3)n21. The molecule has 1 aromatic heterocycles. The Hall–Kier alpha value is -0.480. The Morgan fingerprint density at radius 1 is 1.31 bits per heavy atom. The minimum Gasteiger partial charge on any atom is -0.373 e. The summed E-state index contributed by atoms with van der Waals surface area (Å²) < 4.78 is 2.09. The molecule has 1 aromatic rings. The van der Waals surface area contributed by atoms with E-state index < -0.39 is 0 Å². The molecule has 0 aromatic carbocycles. The Morgan fingerprint density at radius 3 is 3.06 bits per heavy atom. The van der Waals surface area contributed by atoms with Gasteiger partial charge in [-0.3, -0.25) is 0 Å². The predicted octanol–water partition coefficient (Wildman–Crippen LogP) is 2.67. The van der Waals surface area contributed by atoms with Crippen LogP contribution in [0.5, 0.6) is 0 Å². The first kappa shape index (κ1) is 10.7. The van der Waals surface area contributed by atoms with Gasteiger partial charge in [0.25, 0.3) is 0 Å². The quantitative estimate of drug-likeness (QED) is 0.817. The lowest BCUT2D eigenvalue weighted by atomic mass is 10.1. The number of aliphatic hydroxyl groups excluding tert-OH is 1. The van der Waals surface area contributed by atoms with Gasteiger partial charge in [0.2, 0.25) is 0 Å². The smallest absolute Gasteiger partial charge is 0.132 e. The van der Waals surface area contributed by atoms with Gasteiger partial charge in [0.05, 0.1) is 5.25 Å². The third kappa shape index (κ3) is 1.78. The third-order valence-electron chi connectivity index (χ3n) is 3.56. The number of imidazole rings is 1. The summed E-state index contributed by atoms with van der Waals surface area (Å²) >= 11 is 2.00. The van der Waals surface area contributed by atoms with E-state index in [2.05, 4.69) is 9.55 Å². The van der Waals surface area contributed by atoms with Crippen molar-refractivity contribution in [1.29, 1.82) is 0 Å². The van der Waals surface area contributed by atoms with Crippen LogP contribution in [-0.4, -0.2) is 20.4 Å². The highest BCUT2D eigenvalue weighted by atomic mass is 32.2. The van der Waals surface area contributed by atoms with E-state index in [4.69, 9.17) is 0 Å². The van der Waals surface area contributed by atoms with Crippen LogP contribution in [-0.2, 0) is 6.42 Å². The van der Waals surface area contributed by atoms with Crippen molar-refractivity contribution in [3.05, 3.63) is 17.7 Å². The summed E-state index contributed by atoms with van der Waals surface area (Å²) in [6.07, 6.45) is 8.52. The van der Waals surface area contributed by atoms with Crippen LogP contribution in [0, 0.1) is 0 Å². The zero-order valence-corrected chi connectivity index (χ0v) is 10.2. The highest BCUT2D eigenvalue weighted by molar-refractivity contribution is 7.99. The average Bonchev–Trinajstić information content (AvgIpc) is 2.75. The molecule has 0 amide bonds. The van der Waals surface area contributed by atoms with Gasteiger partial charge >= 0.3 is 0 Å². The van der Waals surface area contributed by atoms with Crippen LogP contribution < -0.4 is 0 Å². The summed E-state index contributed by atoms with van der Waals surface area (Å²) in [6, 6.07) is 0. The third-order valence-corrected chi connectivity index (χ3v) is 4.94.